The molecule has 2 aromatic heterocycles. The summed E-state index contributed by atoms with van der Waals surface area (Å²) in [7, 11) is 0. The molecule has 0 saturated heterocycles. The van der Waals surface area contributed by atoms with Crippen LogP contribution in [0.5, 0.6) is 11.5 Å². The molecule has 1 aromatic carbocycles. The summed E-state index contributed by atoms with van der Waals surface area (Å²) in [5.74, 6) is 1.97. The van der Waals surface area contributed by atoms with Crippen LogP contribution < -0.4 is 14.8 Å². The Balaban J connectivity index is 1.45. The third-order valence-corrected chi connectivity index (χ3v) is 4.19. The zero-order valence-corrected chi connectivity index (χ0v) is 14.3. The van der Waals surface area contributed by atoms with E-state index in [0.717, 1.165) is 11.3 Å². The van der Waals surface area contributed by atoms with Crippen LogP contribution in [0.2, 0.25) is 0 Å². The van der Waals surface area contributed by atoms with Crippen LogP contribution in [0.3, 0.4) is 0 Å². The number of aromatic nitrogens is 3. The van der Waals surface area contributed by atoms with Crippen molar-refractivity contribution in [2.75, 3.05) is 13.2 Å². The van der Waals surface area contributed by atoms with Gasteiger partial charge in [-0.05, 0) is 36.8 Å². The molecule has 0 fully saturated rings. The van der Waals surface area contributed by atoms with Gasteiger partial charge in [0.1, 0.15) is 25.4 Å². The second-order valence-electron chi connectivity index (χ2n) is 5.97. The highest BCUT2D eigenvalue weighted by molar-refractivity contribution is 5.94. The number of imidazole rings is 1. The number of hydrogen-bond donors (Lipinski definition) is 1. The molecule has 0 aliphatic carbocycles. The molecule has 1 atom stereocenters. The SMILES string of the molecule is CC(NC(=O)c1ccc(-n2ccnc2)nc1)c1ccc2c(c1)OCCO2. The normalized spacial score (nSPS) is 13.9. The van der Waals surface area contributed by atoms with E-state index in [2.05, 4.69) is 15.3 Å². The summed E-state index contributed by atoms with van der Waals surface area (Å²) in [5, 5.41) is 2.98. The Morgan fingerprint density at radius 2 is 2.04 bits per heavy atom. The monoisotopic (exact) mass is 350 g/mol. The Kier molecular flexibility index (Phi) is 4.27. The third-order valence-electron chi connectivity index (χ3n) is 4.19. The second-order valence-corrected chi connectivity index (χ2v) is 5.97. The summed E-state index contributed by atoms with van der Waals surface area (Å²) >= 11 is 0. The highest BCUT2D eigenvalue weighted by Gasteiger charge is 2.16. The maximum Gasteiger partial charge on any atom is 0.253 e. The highest BCUT2D eigenvalue weighted by atomic mass is 16.6. The topological polar surface area (TPSA) is 78.3 Å². The van der Waals surface area contributed by atoms with Gasteiger partial charge in [-0.3, -0.25) is 9.36 Å². The zero-order chi connectivity index (χ0) is 17.9. The van der Waals surface area contributed by atoms with Crippen molar-refractivity contribution in [2.45, 2.75) is 13.0 Å². The first-order chi connectivity index (χ1) is 12.7. The molecule has 132 valence electrons. The molecule has 1 aliphatic rings. The molecule has 1 amide bonds. The first-order valence-corrected chi connectivity index (χ1v) is 8.35. The van der Waals surface area contributed by atoms with Crippen molar-refractivity contribution in [3.63, 3.8) is 0 Å². The molecule has 26 heavy (non-hydrogen) atoms. The molecule has 0 spiro atoms. The van der Waals surface area contributed by atoms with Crippen molar-refractivity contribution >= 4 is 5.91 Å². The van der Waals surface area contributed by atoms with E-state index in [1.807, 2.05) is 25.1 Å². The van der Waals surface area contributed by atoms with E-state index in [1.165, 1.54) is 0 Å². The molecule has 0 bridgehead atoms. The Bertz CT molecular complexity index is 907. The number of amides is 1. The van der Waals surface area contributed by atoms with Crippen LogP contribution in [0.1, 0.15) is 28.9 Å². The maximum atomic E-state index is 12.5. The van der Waals surface area contributed by atoms with E-state index in [-0.39, 0.29) is 11.9 Å². The fraction of sp³-hybridized carbons (Fsp3) is 0.211. The van der Waals surface area contributed by atoms with Gasteiger partial charge in [0.15, 0.2) is 11.5 Å². The van der Waals surface area contributed by atoms with E-state index in [4.69, 9.17) is 9.47 Å². The van der Waals surface area contributed by atoms with Crippen LogP contribution in [-0.4, -0.2) is 33.7 Å². The van der Waals surface area contributed by atoms with Crippen molar-refractivity contribution in [1.82, 2.24) is 19.9 Å². The fourth-order valence-electron chi connectivity index (χ4n) is 2.76. The summed E-state index contributed by atoms with van der Waals surface area (Å²) in [5.41, 5.74) is 1.45. The zero-order valence-electron chi connectivity index (χ0n) is 14.3. The highest BCUT2D eigenvalue weighted by Crippen LogP contribution is 2.32. The van der Waals surface area contributed by atoms with Crippen LogP contribution >= 0.6 is 0 Å². The molecular formula is C19H18N4O3. The molecule has 0 radical (unpaired) electrons. The predicted molar refractivity (Wildman–Crippen MR) is 94.7 cm³/mol. The number of carbonyl (C=O) groups excluding carboxylic acids is 1. The first-order valence-electron chi connectivity index (χ1n) is 8.35. The average Bonchev–Trinajstić information content (AvgIpc) is 3.22. The van der Waals surface area contributed by atoms with Crippen LogP contribution in [0.25, 0.3) is 5.82 Å². The number of hydrogen-bond acceptors (Lipinski definition) is 5. The summed E-state index contributed by atoms with van der Waals surface area (Å²) in [6.45, 7) is 3.02. The van der Waals surface area contributed by atoms with Gasteiger partial charge in [0.25, 0.3) is 5.91 Å². The quantitative estimate of drug-likeness (QED) is 0.782. The number of nitrogens with zero attached hydrogens (tertiary/aromatic N) is 3. The number of benzene rings is 1. The Hall–Kier alpha value is -3.35. The van der Waals surface area contributed by atoms with Crippen molar-refractivity contribution < 1.29 is 14.3 Å². The molecule has 3 heterocycles. The van der Waals surface area contributed by atoms with Gasteiger partial charge in [0.2, 0.25) is 0 Å². The molecule has 7 nitrogen and oxygen atoms in total. The summed E-state index contributed by atoms with van der Waals surface area (Å²) in [6.07, 6.45) is 6.69. The van der Waals surface area contributed by atoms with Crippen molar-refractivity contribution in [1.29, 1.82) is 0 Å². The number of ether oxygens (including phenoxy) is 2. The number of pyridine rings is 1. The Morgan fingerprint density at radius 3 is 2.77 bits per heavy atom. The molecule has 1 N–H and O–H groups in total. The molecule has 1 unspecified atom stereocenters. The summed E-state index contributed by atoms with van der Waals surface area (Å²) in [6, 6.07) is 9.05. The minimum atomic E-state index is -0.183. The lowest BCUT2D eigenvalue weighted by Crippen LogP contribution is -2.27. The third kappa shape index (κ3) is 3.23. The summed E-state index contributed by atoms with van der Waals surface area (Å²) < 4.78 is 12.9. The molecule has 3 aromatic rings. The molecule has 7 heteroatoms. The molecule has 0 saturated carbocycles. The summed E-state index contributed by atoms with van der Waals surface area (Å²) in [4.78, 5) is 20.8. The van der Waals surface area contributed by atoms with Crippen LogP contribution in [-0.2, 0) is 0 Å². The average molecular weight is 350 g/mol. The van der Waals surface area contributed by atoms with E-state index in [9.17, 15) is 4.79 Å². The van der Waals surface area contributed by atoms with Gasteiger partial charge in [-0.15, -0.1) is 0 Å². The van der Waals surface area contributed by atoms with Crippen LogP contribution in [0.15, 0.2) is 55.2 Å². The first kappa shape index (κ1) is 16.1. The lowest BCUT2D eigenvalue weighted by atomic mass is 10.1. The molecule has 1 aliphatic heterocycles. The standard InChI is InChI=1S/C19H18N4O3/c1-13(14-2-4-16-17(10-14)26-9-8-25-16)22-19(24)15-3-5-18(21-11-15)23-7-6-20-12-23/h2-7,10-13H,8-9H2,1H3,(H,22,24). The van der Waals surface area contributed by atoms with Gasteiger partial charge in [0.05, 0.1) is 11.6 Å². The van der Waals surface area contributed by atoms with Gasteiger partial charge in [-0.25, -0.2) is 9.97 Å². The fourth-order valence-corrected chi connectivity index (χ4v) is 2.76. The molecule has 4 rings (SSSR count). The van der Waals surface area contributed by atoms with Crippen molar-refractivity contribution in [3.05, 3.63) is 66.4 Å². The van der Waals surface area contributed by atoms with Gasteiger partial charge in [0, 0.05) is 18.6 Å². The lowest BCUT2D eigenvalue weighted by molar-refractivity contribution is 0.0939. The van der Waals surface area contributed by atoms with Crippen LogP contribution in [0.4, 0.5) is 0 Å². The van der Waals surface area contributed by atoms with Gasteiger partial charge < -0.3 is 14.8 Å². The minimum Gasteiger partial charge on any atom is -0.486 e. The van der Waals surface area contributed by atoms with E-state index in [1.54, 1.807) is 41.6 Å². The van der Waals surface area contributed by atoms with Crippen molar-refractivity contribution in [3.8, 4) is 17.3 Å². The van der Waals surface area contributed by atoms with Crippen LogP contribution in [0, 0.1) is 0 Å². The Labute approximate surface area is 150 Å². The number of carbonyl (C=O) groups is 1. The van der Waals surface area contributed by atoms with E-state index < -0.39 is 0 Å². The smallest absolute Gasteiger partial charge is 0.253 e. The van der Waals surface area contributed by atoms with E-state index >= 15 is 0 Å². The van der Waals surface area contributed by atoms with Gasteiger partial charge >= 0.3 is 0 Å². The predicted octanol–water partition coefficient (Wildman–Crippen LogP) is 2.53. The number of rotatable bonds is 4. The van der Waals surface area contributed by atoms with E-state index in [0.29, 0.717) is 30.3 Å². The van der Waals surface area contributed by atoms with Gasteiger partial charge in [-0.1, -0.05) is 6.07 Å². The van der Waals surface area contributed by atoms with Crippen molar-refractivity contribution in [2.24, 2.45) is 0 Å². The second kappa shape index (κ2) is 6.87. The van der Waals surface area contributed by atoms with Gasteiger partial charge in [-0.2, -0.15) is 0 Å². The lowest BCUT2D eigenvalue weighted by Gasteiger charge is -2.21. The number of nitrogens with one attached hydrogen (secondary N) is 1. The minimum absolute atomic E-state index is 0.174. The Morgan fingerprint density at radius 1 is 1.19 bits per heavy atom. The number of fused-ring (bicyclic) bond motifs is 1. The largest absolute Gasteiger partial charge is 0.486 e. The molecular weight excluding hydrogens is 332 g/mol. The maximum absolute atomic E-state index is 12.5.